The Kier molecular flexibility index (Phi) is 1.90. The zero-order valence-corrected chi connectivity index (χ0v) is 6.90. The van der Waals surface area contributed by atoms with Crippen LogP contribution in [0.3, 0.4) is 0 Å². The fraction of sp³-hybridized carbons (Fsp3) is 0. The topological polar surface area (TPSA) is 93.8 Å². The van der Waals surface area contributed by atoms with Crippen molar-refractivity contribution in [2.75, 3.05) is 0 Å². The van der Waals surface area contributed by atoms with Crippen molar-refractivity contribution < 1.29 is 9.90 Å². The van der Waals surface area contributed by atoms with E-state index in [4.69, 9.17) is 5.11 Å². The maximum Gasteiger partial charge on any atom is 0.354 e. The lowest BCUT2D eigenvalue weighted by Gasteiger charge is -1.98. The second-order valence-corrected chi connectivity index (χ2v) is 2.41. The van der Waals surface area contributed by atoms with E-state index in [0.29, 0.717) is 5.82 Å². The fourth-order valence-corrected chi connectivity index (χ4v) is 0.916. The summed E-state index contributed by atoms with van der Waals surface area (Å²) in [6.45, 7) is 0. The molecule has 7 heteroatoms. The minimum Gasteiger partial charge on any atom is -0.477 e. The summed E-state index contributed by atoms with van der Waals surface area (Å²) in [6.07, 6.45) is 3.93. The summed E-state index contributed by atoms with van der Waals surface area (Å²) in [5.74, 6) is -0.733. The van der Waals surface area contributed by atoms with Gasteiger partial charge in [-0.25, -0.2) is 24.4 Å². The fourth-order valence-electron chi connectivity index (χ4n) is 0.916. The largest absolute Gasteiger partial charge is 0.477 e. The van der Waals surface area contributed by atoms with Crippen molar-refractivity contribution in [2.24, 2.45) is 0 Å². The molecule has 2 heterocycles. The minimum absolute atomic E-state index is 0.0782. The van der Waals surface area contributed by atoms with Crippen molar-refractivity contribution >= 4 is 5.97 Å². The number of aromatic carboxylic acids is 1. The number of hydrogen-bond donors (Lipinski definition) is 1. The van der Waals surface area contributed by atoms with Gasteiger partial charge in [-0.05, 0) is 0 Å². The molecule has 2 aromatic heterocycles. The van der Waals surface area contributed by atoms with Crippen LogP contribution < -0.4 is 0 Å². The summed E-state index contributed by atoms with van der Waals surface area (Å²) in [4.78, 5) is 21.7. The summed E-state index contributed by atoms with van der Waals surface area (Å²) in [5.41, 5.74) is -0.0782. The molecular formula is C7H5N5O2. The molecule has 0 bridgehead atoms. The third-order valence-electron chi connectivity index (χ3n) is 1.53. The average molecular weight is 191 g/mol. The zero-order valence-electron chi connectivity index (χ0n) is 6.90. The molecule has 0 aliphatic heterocycles. The number of carboxylic acid groups (broad SMARTS) is 1. The monoisotopic (exact) mass is 191 g/mol. The third kappa shape index (κ3) is 1.42. The van der Waals surface area contributed by atoms with Gasteiger partial charge in [-0.15, -0.1) is 0 Å². The van der Waals surface area contributed by atoms with Gasteiger partial charge in [0.25, 0.3) is 0 Å². The van der Waals surface area contributed by atoms with Crippen molar-refractivity contribution in [2.45, 2.75) is 0 Å². The molecule has 0 atom stereocenters. The zero-order chi connectivity index (χ0) is 9.97. The van der Waals surface area contributed by atoms with E-state index in [1.807, 2.05) is 0 Å². The lowest BCUT2D eigenvalue weighted by atomic mass is 10.4. The third-order valence-corrected chi connectivity index (χ3v) is 1.53. The highest BCUT2D eigenvalue weighted by atomic mass is 16.4. The Balaban J connectivity index is 2.46. The van der Waals surface area contributed by atoms with Gasteiger partial charge >= 0.3 is 5.97 Å². The number of aromatic nitrogens is 5. The first-order valence-electron chi connectivity index (χ1n) is 3.68. The van der Waals surface area contributed by atoms with E-state index in [9.17, 15) is 4.79 Å². The molecule has 0 amide bonds. The number of rotatable bonds is 2. The van der Waals surface area contributed by atoms with E-state index in [1.165, 1.54) is 29.7 Å². The Morgan fingerprint density at radius 2 is 2.21 bits per heavy atom. The van der Waals surface area contributed by atoms with E-state index >= 15 is 0 Å². The molecule has 0 aromatic carbocycles. The second kappa shape index (κ2) is 3.21. The first-order valence-corrected chi connectivity index (χ1v) is 3.68. The molecule has 0 saturated heterocycles. The van der Waals surface area contributed by atoms with Gasteiger partial charge in [0, 0.05) is 6.07 Å². The van der Waals surface area contributed by atoms with Crippen molar-refractivity contribution in [1.29, 1.82) is 0 Å². The molecule has 7 nitrogen and oxygen atoms in total. The Bertz CT molecular complexity index is 453. The second-order valence-electron chi connectivity index (χ2n) is 2.41. The minimum atomic E-state index is -1.10. The Hall–Kier alpha value is -2.31. The van der Waals surface area contributed by atoms with Crippen LogP contribution in [0.25, 0.3) is 5.82 Å². The molecule has 0 spiro atoms. The van der Waals surface area contributed by atoms with Gasteiger partial charge in [0.05, 0.1) is 0 Å². The Morgan fingerprint density at radius 3 is 2.86 bits per heavy atom. The van der Waals surface area contributed by atoms with Crippen LogP contribution in [0, 0.1) is 0 Å². The molecule has 0 fully saturated rings. The van der Waals surface area contributed by atoms with Crippen molar-refractivity contribution in [3.63, 3.8) is 0 Å². The van der Waals surface area contributed by atoms with Crippen LogP contribution in [0.4, 0.5) is 0 Å². The van der Waals surface area contributed by atoms with Crippen LogP contribution in [0.15, 0.2) is 25.0 Å². The molecular weight excluding hydrogens is 186 g/mol. The predicted molar refractivity (Wildman–Crippen MR) is 43.9 cm³/mol. The lowest BCUT2D eigenvalue weighted by molar-refractivity contribution is 0.0690. The number of carbonyl (C=O) groups is 1. The summed E-state index contributed by atoms with van der Waals surface area (Å²) >= 11 is 0. The Labute approximate surface area is 78.1 Å². The first kappa shape index (κ1) is 8.30. The summed E-state index contributed by atoms with van der Waals surface area (Å²) in [6, 6.07) is 1.32. The quantitative estimate of drug-likeness (QED) is 0.703. The molecule has 0 radical (unpaired) electrons. The average Bonchev–Trinajstić information content (AvgIpc) is 2.71. The van der Waals surface area contributed by atoms with Crippen LogP contribution in [0.5, 0.6) is 0 Å². The highest BCUT2D eigenvalue weighted by Gasteiger charge is 2.06. The maximum absolute atomic E-state index is 10.6. The van der Waals surface area contributed by atoms with Gasteiger partial charge in [0.1, 0.15) is 19.0 Å². The van der Waals surface area contributed by atoms with Crippen LogP contribution in [0.2, 0.25) is 0 Å². The molecule has 0 aliphatic carbocycles. The molecule has 70 valence electrons. The van der Waals surface area contributed by atoms with Gasteiger partial charge in [0.2, 0.25) is 0 Å². The van der Waals surface area contributed by atoms with Crippen LogP contribution in [-0.4, -0.2) is 35.8 Å². The number of hydrogen-bond acceptors (Lipinski definition) is 5. The number of carboxylic acids is 1. The molecule has 2 rings (SSSR count). The molecule has 0 aliphatic rings. The molecule has 1 N–H and O–H groups in total. The van der Waals surface area contributed by atoms with Gasteiger partial charge in [-0.2, -0.15) is 5.10 Å². The van der Waals surface area contributed by atoms with Crippen molar-refractivity contribution in [1.82, 2.24) is 24.7 Å². The van der Waals surface area contributed by atoms with Crippen LogP contribution in [0.1, 0.15) is 10.5 Å². The molecule has 0 unspecified atom stereocenters. The standard InChI is InChI=1S/C7H5N5O2/c13-7(14)5-1-6(10-3-9-5)12-4-8-2-11-12/h1-4H,(H,13,14). The van der Waals surface area contributed by atoms with Crippen LogP contribution >= 0.6 is 0 Å². The molecule has 2 aromatic rings. The maximum atomic E-state index is 10.6. The van der Waals surface area contributed by atoms with Gasteiger partial charge < -0.3 is 5.11 Å². The van der Waals surface area contributed by atoms with E-state index in [1.54, 1.807) is 0 Å². The van der Waals surface area contributed by atoms with E-state index in [0.717, 1.165) is 0 Å². The first-order chi connectivity index (χ1) is 6.77. The highest BCUT2D eigenvalue weighted by Crippen LogP contribution is 2.01. The molecule has 0 saturated carbocycles. The van der Waals surface area contributed by atoms with Gasteiger partial charge in [0.15, 0.2) is 11.5 Å². The lowest BCUT2D eigenvalue weighted by Crippen LogP contribution is -2.05. The van der Waals surface area contributed by atoms with Gasteiger partial charge in [-0.1, -0.05) is 0 Å². The normalized spacial score (nSPS) is 10.0. The van der Waals surface area contributed by atoms with E-state index < -0.39 is 5.97 Å². The number of nitrogens with zero attached hydrogens (tertiary/aromatic N) is 5. The summed E-state index contributed by atoms with van der Waals surface area (Å²) in [5, 5.41) is 12.5. The highest BCUT2D eigenvalue weighted by molar-refractivity contribution is 5.85. The van der Waals surface area contributed by atoms with Gasteiger partial charge in [-0.3, -0.25) is 0 Å². The summed E-state index contributed by atoms with van der Waals surface area (Å²) < 4.78 is 1.36. The summed E-state index contributed by atoms with van der Waals surface area (Å²) in [7, 11) is 0. The van der Waals surface area contributed by atoms with Crippen molar-refractivity contribution in [3.8, 4) is 5.82 Å². The van der Waals surface area contributed by atoms with E-state index in [-0.39, 0.29) is 5.69 Å². The predicted octanol–water partition coefficient (Wildman–Crippen LogP) is -0.244. The van der Waals surface area contributed by atoms with Crippen LogP contribution in [-0.2, 0) is 0 Å². The smallest absolute Gasteiger partial charge is 0.354 e. The molecule has 14 heavy (non-hydrogen) atoms. The SMILES string of the molecule is O=C(O)c1cc(-n2cncn2)ncn1. The van der Waals surface area contributed by atoms with Crippen molar-refractivity contribution in [3.05, 3.63) is 30.7 Å². The Morgan fingerprint density at radius 1 is 1.36 bits per heavy atom. The van der Waals surface area contributed by atoms with E-state index in [2.05, 4.69) is 20.1 Å².